The van der Waals surface area contributed by atoms with Crippen LogP contribution in [0.15, 0.2) is 35.3 Å². The van der Waals surface area contributed by atoms with Gasteiger partial charge >= 0.3 is 17.9 Å². The molecule has 0 aliphatic rings. The summed E-state index contributed by atoms with van der Waals surface area (Å²) < 4.78 is 0. The van der Waals surface area contributed by atoms with Crippen LogP contribution in [0.25, 0.3) is 11.2 Å². The fraction of sp³-hybridized carbons (Fsp3) is 0.387. The lowest BCUT2D eigenvalue weighted by Crippen LogP contribution is -2.56. The van der Waals surface area contributed by atoms with Gasteiger partial charge in [-0.05, 0) is 49.1 Å². The molecule has 4 amide bonds. The van der Waals surface area contributed by atoms with Crippen molar-refractivity contribution in [3.05, 3.63) is 52.1 Å². The zero-order chi connectivity index (χ0) is 39.9. The number of nitrogen functional groups attached to an aromatic ring is 1. The number of benzene rings is 1. The second-order valence-corrected chi connectivity index (χ2v) is 12.6. The number of nitrogens with one attached hydrogen (secondary N) is 6. The number of aromatic nitrogens is 4. The molecule has 0 aliphatic heterocycles. The van der Waals surface area contributed by atoms with Crippen LogP contribution in [0.5, 0.6) is 0 Å². The first-order valence-electron chi connectivity index (χ1n) is 16.0. The van der Waals surface area contributed by atoms with Crippen molar-refractivity contribution >= 4 is 76.1 Å². The maximum absolute atomic E-state index is 12.8. The molecule has 2 heterocycles. The van der Waals surface area contributed by atoms with Crippen LogP contribution in [0.4, 0.5) is 11.6 Å². The number of hydrogen-bond donors (Lipinski definition) is 11. The van der Waals surface area contributed by atoms with Gasteiger partial charge in [-0.25, -0.2) is 19.6 Å². The summed E-state index contributed by atoms with van der Waals surface area (Å²) in [6, 6.07) is 0.0242. The highest BCUT2D eigenvalue weighted by Crippen LogP contribution is 2.12. The number of anilines is 2. The lowest BCUT2D eigenvalue weighted by molar-refractivity contribution is -0.143. The van der Waals surface area contributed by atoms with Crippen molar-refractivity contribution in [3.8, 4) is 0 Å². The molecule has 0 spiro atoms. The molecule has 1 aromatic carbocycles. The van der Waals surface area contributed by atoms with E-state index in [1.54, 1.807) is 18.4 Å². The molecule has 290 valence electrons. The molecule has 0 unspecified atom stereocenters. The topological polar surface area (TPSA) is 364 Å². The predicted octanol–water partition coefficient (Wildman–Crippen LogP) is -2.40. The number of carbonyl (C=O) groups is 7. The summed E-state index contributed by atoms with van der Waals surface area (Å²) in [4.78, 5) is 112. The number of nitrogens with two attached hydrogens (primary N) is 2. The Bertz CT molecular complexity index is 1930. The number of aromatic amines is 1. The van der Waals surface area contributed by atoms with Crippen LogP contribution in [0.3, 0.4) is 0 Å². The van der Waals surface area contributed by atoms with E-state index in [0.717, 1.165) is 0 Å². The van der Waals surface area contributed by atoms with Gasteiger partial charge in [-0.1, -0.05) is 0 Å². The fourth-order valence-corrected chi connectivity index (χ4v) is 5.07. The first-order valence-corrected chi connectivity index (χ1v) is 17.4. The monoisotopic (exact) mass is 773 g/mol. The van der Waals surface area contributed by atoms with Gasteiger partial charge in [0.15, 0.2) is 11.2 Å². The average Bonchev–Trinajstić information content (AvgIpc) is 3.12. The maximum atomic E-state index is 12.8. The van der Waals surface area contributed by atoms with E-state index >= 15 is 0 Å². The normalized spacial score (nSPS) is 13.1. The number of aliphatic carboxylic acids is 3. The Morgan fingerprint density at radius 1 is 0.889 bits per heavy atom. The van der Waals surface area contributed by atoms with E-state index in [-0.39, 0.29) is 42.1 Å². The molecule has 0 saturated heterocycles. The summed E-state index contributed by atoms with van der Waals surface area (Å²) in [5.74, 6) is -7.47. The lowest BCUT2D eigenvalue weighted by atomic mass is 10.1. The number of carboxylic acid groups (broad SMARTS) is 3. The molecule has 0 saturated carbocycles. The van der Waals surface area contributed by atoms with Gasteiger partial charge in [-0.3, -0.25) is 33.8 Å². The molecule has 13 N–H and O–H groups in total. The van der Waals surface area contributed by atoms with Crippen molar-refractivity contribution in [3.63, 3.8) is 0 Å². The second-order valence-electron chi connectivity index (χ2n) is 11.6. The SMILES string of the molecule is CSCC[C@H](NC(=O)[C@H](CC(=O)O)NC(=O)[C@@H](N)CNC(=O)CC[C@@H](NC(=O)c1ccc(NCc2cnc3nc(N)[nH]c(=O)c3n2)cc1)C(=O)O)C(=O)O. The highest BCUT2D eigenvalue weighted by molar-refractivity contribution is 7.98. The van der Waals surface area contributed by atoms with Gasteiger partial charge in [0.05, 0.1) is 24.9 Å². The van der Waals surface area contributed by atoms with Gasteiger partial charge < -0.3 is 53.4 Å². The number of nitrogens with zero attached hydrogens (tertiary/aromatic N) is 3. The van der Waals surface area contributed by atoms with Gasteiger partial charge in [-0.2, -0.15) is 16.7 Å². The first kappa shape index (κ1) is 42.1. The molecule has 3 aromatic rings. The van der Waals surface area contributed by atoms with Crippen LogP contribution in [0.1, 0.15) is 41.7 Å². The van der Waals surface area contributed by atoms with Gasteiger partial charge in [0.1, 0.15) is 24.2 Å². The van der Waals surface area contributed by atoms with E-state index in [2.05, 4.69) is 46.5 Å². The Balaban J connectivity index is 1.47. The Morgan fingerprint density at radius 2 is 1.54 bits per heavy atom. The summed E-state index contributed by atoms with van der Waals surface area (Å²) in [6.45, 7) is -0.326. The molecule has 23 heteroatoms. The molecule has 0 radical (unpaired) electrons. The third-order valence-corrected chi connectivity index (χ3v) is 8.11. The zero-order valence-electron chi connectivity index (χ0n) is 28.7. The third kappa shape index (κ3) is 13.0. The van der Waals surface area contributed by atoms with E-state index in [9.17, 15) is 53.7 Å². The van der Waals surface area contributed by atoms with Crippen LogP contribution in [-0.4, -0.2) is 120 Å². The first-order chi connectivity index (χ1) is 25.6. The minimum Gasteiger partial charge on any atom is -0.481 e. The van der Waals surface area contributed by atoms with Crippen LogP contribution in [-0.2, 0) is 35.3 Å². The number of H-pyrrole nitrogens is 1. The smallest absolute Gasteiger partial charge is 0.326 e. The summed E-state index contributed by atoms with van der Waals surface area (Å²) in [5.41, 5.74) is 12.0. The lowest BCUT2D eigenvalue weighted by Gasteiger charge is -2.22. The third-order valence-electron chi connectivity index (χ3n) is 7.46. The van der Waals surface area contributed by atoms with Gasteiger partial charge in [-0.15, -0.1) is 0 Å². The van der Waals surface area contributed by atoms with E-state index in [1.165, 1.54) is 30.1 Å². The minimum absolute atomic E-state index is 0.00905. The van der Waals surface area contributed by atoms with Crippen LogP contribution in [0.2, 0.25) is 0 Å². The number of fused-ring (bicyclic) bond motifs is 1. The van der Waals surface area contributed by atoms with E-state index < -0.39 is 90.6 Å². The van der Waals surface area contributed by atoms with Gasteiger partial charge in [0.2, 0.25) is 23.7 Å². The molecular weight excluding hydrogens is 734 g/mol. The van der Waals surface area contributed by atoms with E-state index in [4.69, 9.17) is 11.5 Å². The Morgan fingerprint density at radius 3 is 2.17 bits per heavy atom. The van der Waals surface area contributed by atoms with Gasteiger partial charge in [0.25, 0.3) is 11.5 Å². The van der Waals surface area contributed by atoms with Crippen LogP contribution in [0, 0.1) is 0 Å². The molecule has 4 atom stereocenters. The van der Waals surface area contributed by atoms with Crippen LogP contribution < -0.4 is 43.6 Å². The van der Waals surface area contributed by atoms with Crippen molar-refractivity contribution in [2.24, 2.45) is 5.73 Å². The van der Waals surface area contributed by atoms with Crippen LogP contribution >= 0.6 is 11.8 Å². The fourth-order valence-electron chi connectivity index (χ4n) is 4.60. The largest absolute Gasteiger partial charge is 0.481 e. The van der Waals surface area contributed by atoms with Crippen molar-refractivity contribution < 1.29 is 48.9 Å². The molecule has 54 heavy (non-hydrogen) atoms. The second kappa shape index (κ2) is 20.0. The predicted molar refractivity (Wildman–Crippen MR) is 192 cm³/mol. The summed E-state index contributed by atoms with van der Waals surface area (Å²) in [5, 5.41) is 40.2. The standard InChI is InChI=1S/C31H39N11O11S/c1-54-9-8-19(30(52)53)39-27(48)20(10-22(44)45)40-26(47)17(32)13-35-21(43)7-6-18(29(50)51)38-25(46)14-2-4-15(5-3-14)34-11-16-12-36-24-23(37-16)28(49)42-31(33)41-24/h2-5,12,17-20,34H,6-11,13,32H2,1H3,(H,35,43)(H,38,46)(H,39,48)(H,40,47)(H,44,45)(H,50,51)(H,52,53)(H3,33,36,41,42,49)/t17-,18+,19-,20-/m0/s1. The molecule has 22 nitrogen and oxygen atoms in total. The summed E-state index contributed by atoms with van der Waals surface area (Å²) >= 11 is 1.33. The number of carbonyl (C=O) groups excluding carboxylic acids is 4. The maximum Gasteiger partial charge on any atom is 0.326 e. The summed E-state index contributed by atoms with van der Waals surface area (Å²) in [6.07, 6.45) is 1.57. The Hall–Kier alpha value is -6.36. The highest BCUT2D eigenvalue weighted by atomic mass is 32.2. The number of amides is 4. The highest BCUT2D eigenvalue weighted by Gasteiger charge is 2.30. The van der Waals surface area contributed by atoms with Crippen molar-refractivity contribution in [1.29, 1.82) is 0 Å². The van der Waals surface area contributed by atoms with Crippen molar-refractivity contribution in [1.82, 2.24) is 41.2 Å². The Kier molecular flexibility index (Phi) is 15.6. The number of hydrogen-bond acceptors (Lipinski definition) is 15. The number of carboxylic acids is 3. The quantitative estimate of drug-likeness (QED) is 0.0537. The van der Waals surface area contributed by atoms with Gasteiger partial charge in [0, 0.05) is 24.2 Å². The van der Waals surface area contributed by atoms with Crippen molar-refractivity contribution in [2.75, 3.05) is 29.6 Å². The Labute approximate surface area is 309 Å². The van der Waals surface area contributed by atoms with Crippen molar-refractivity contribution in [2.45, 2.75) is 56.4 Å². The van der Waals surface area contributed by atoms with E-state index in [1.807, 2.05) is 0 Å². The molecule has 0 fully saturated rings. The zero-order valence-corrected chi connectivity index (χ0v) is 29.5. The summed E-state index contributed by atoms with van der Waals surface area (Å²) in [7, 11) is 0. The molecular formula is C31H39N11O11S. The number of thioether (sulfide) groups is 1. The minimum atomic E-state index is -1.67. The molecule has 2 aromatic heterocycles. The van der Waals surface area contributed by atoms with E-state index in [0.29, 0.717) is 17.1 Å². The molecule has 0 aliphatic carbocycles. The molecule has 3 rings (SSSR count). The average molecular weight is 774 g/mol. The molecule has 0 bridgehead atoms. The number of rotatable bonds is 21.